The lowest BCUT2D eigenvalue weighted by Crippen LogP contribution is -2.50. The zero-order valence-corrected chi connectivity index (χ0v) is 15.2. The van der Waals surface area contributed by atoms with E-state index in [-0.39, 0.29) is 24.2 Å². The van der Waals surface area contributed by atoms with Crippen molar-refractivity contribution in [1.29, 1.82) is 0 Å². The minimum Gasteiger partial charge on any atom is -0.340 e. The number of nitrogens with zero attached hydrogens (tertiary/aromatic N) is 2. The molecule has 1 saturated heterocycles. The quantitative estimate of drug-likeness (QED) is 0.851. The zero-order valence-electron chi connectivity index (χ0n) is 15.2. The van der Waals surface area contributed by atoms with E-state index in [1.165, 1.54) is 17.7 Å². The van der Waals surface area contributed by atoms with Gasteiger partial charge >= 0.3 is 0 Å². The number of amides is 2. The molecule has 5 nitrogen and oxygen atoms in total. The molecule has 0 aliphatic carbocycles. The maximum Gasteiger partial charge on any atom is 0.238 e. The van der Waals surface area contributed by atoms with E-state index < -0.39 is 0 Å². The number of rotatable bonds is 6. The SMILES string of the molecule is O=C(CN1CCN(C(=O)CCc2ccccc2)CC1)Nc1cccc(F)c1. The highest BCUT2D eigenvalue weighted by atomic mass is 19.1. The van der Waals surface area contributed by atoms with Crippen LogP contribution < -0.4 is 5.32 Å². The summed E-state index contributed by atoms with van der Waals surface area (Å²) in [5.74, 6) is -0.400. The van der Waals surface area contributed by atoms with E-state index in [0.717, 1.165) is 6.42 Å². The summed E-state index contributed by atoms with van der Waals surface area (Å²) in [6.45, 7) is 2.81. The van der Waals surface area contributed by atoms with Gasteiger partial charge in [0.05, 0.1) is 6.54 Å². The van der Waals surface area contributed by atoms with E-state index in [1.54, 1.807) is 12.1 Å². The van der Waals surface area contributed by atoms with E-state index in [4.69, 9.17) is 0 Å². The average Bonchev–Trinajstić information content (AvgIpc) is 2.67. The van der Waals surface area contributed by atoms with E-state index in [2.05, 4.69) is 5.32 Å². The Balaban J connectivity index is 1.39. The van der Waals surface area contributed by atoms with Crippen molar-refractivity contribution in [3.63, 3.8) is 0 Å². The fraction of sp³-hybridized carbons (Fsp3) is 0.333. The number of halogens is 1. The third-order valence-electron chi connectivity index (χ3n) is 4.67. The summed E-state index contributed by atoms with van der Waals surface area (Å²) in [5.41, 5.74) is 1.62. The van der Waals surface area contributed by atoms with Crippen LogP contribution in [0.5, 0.6) is 0 Å². The predicted molar refractivity (Wildman–Crippen MR) is 103 cm³/mol. The smallest absolute Gasteiger partial charge is 0.238 e. The first-order valence-electron chi connectivity index (χ1n) is 9.19. The van der Waals surface area contributed by atoms with Gasteiger partial charge in [-0.15, -0.1) is 0 Å². The van der Waals surface area contributed by atoms with Crippen molar-refractivity contribution in [2.75, 3.05) is 38.0 Å². The summed E-state index contributed by atoms with van der Waals surface area (Å²) >= 11 is 0. The minimum absolute atomic E-state index is 0.155. The number of carbonyl (C=O) groups is 2. The number of hydrogen-bond donors (Lipinski definition) is 1. The molecule has 1 aliphatic rings. The largest absolute Gasteiger partial charge is 0.340 e. The predicted octanol–water partition coefficient (Wildman–Crippen LogP) is 2.54. The van der Waals surface area contributed by atoms with Crippen LogP contribution in [0.1, 0.15) is 12.0 Å². The summed E-state index contributed by atoms with van der Waals surface area (Å²) in [6.07, 6.45) is 1.25. The molecule has 0 saturated carbocycles. The zero-order chi connectivity index (χ0) is 19.1. The third-order valence-corrected chi connectivity index (χ3v) is 4.67. The highest BCUT2D eigenvalue weighted by Crippen LogP contribution is 2.10. The Labute approximate surface area is 158 Å². The standard InChI is InChI=1S/C21H24FN3O2/c22-18-7-4-8-19(15-18)23-20(26)16-24-11-13-25(14-12-24)21(27)10-9-17-5-2-1-3-6-17/h1-8,15H,9-14,16H2,(H,23,26). The van der Waals surface area contributed by atoms with Crippen LogP contribution in [0, 0.1) is 5.82 Å². The molecule has 27 heavy (non-hydrogen) atoms. The van der Waals surface area contributed by atoms with Crippen molar-refractivity contribution in [2.45, 2.75) is 12.8 Å². The molecule has 142 valence electrons. The van der Waals surface area contributed by atoms with Crippen molar-refractivity contribution < 1.29 is 14.0 Å². The number of hydrogen-bond acceptors (Lipinski definition) is 3. The summed E-state index contributed by atoms with van der Waals surface area (Å²) in [6, 6.07) is 15.8. The van der Waals surface area contributed by atoms with Gasteiger partial charge in [0.1, 0.15) is 5.82 Å². The number of aryl methyl sites for hydroxylation is 1. The van der Waals surface area contributed by atoms with Crippen LogP contribution in [0.25, 0.3) is 0 Å². The lowest BCUT2D eigenvalue weighted by Gasteiger charge is -2.34. The maximum atomic E-state index is 13.2. The first-order valence-corrected chi connectivity index (χ1v) is 9.19. The normalized spacial score (nSPS) is 14.8. The van der Waals surface area contributed by atoms with Crippen molar-refractivity contribution in [3.05, 3.63) is 66.0 Å². The second kappa shape index (κ2) is 9.28. The van der Waals surface area contributed by atoms with Gasteiger partial charge in [-0.3, -0.25) is 14.5 Å². The molecule has 2 amide bonds. The molecular weight excluding hydrogens is 345 g/mol. The first kappa shape index (κ1) is 19.0. The van der Waals surface area contributed by atoms with Crippen molar-refractivity contribution >= 4 is 17.5 Å². The molecule has 0 atom stereocenters. The molecule has 1 fully saturated rings. The monoisotopic (exact) mass is 369 g/mol. The Morgan fingerprint density at radius 1 is 0.963 bits per heavy atom. The van der Waals surface area contributed by atoms with Crippen molar-refractivity contribution in [1.82, 2.24) is 9.80 Å². The Morgan fingerprint density at radius 3 is 2.41 bits per heavy atom. The summed E-state index contributed by atoms with van der Waals surface area (Å²) < 4.78 is 13.2. The highest BCUT2D eigenvalue weighted by molar-refractivity contribution is 5.92. The summed E-state index contributed by atoms with van der Waals surface area (Å²) in [7, 11) is 0. The van der Waals surface area contributed by atoms with Gasteiger partial charge < -0.3 is 10.2 Å². The van der Waals surface area contributed by atoms with Crippen LogP contribution in [-0.4, -0.2) is 54.3 Å². The fourth-order valence-electron chi connectivity index (χ4n) is 3.18. The summed E-state index contributed by atoms with van der Waals surface area (Å²) in [4.78, 5) is 28.4. The van der Waals surface area contributed by atoms with Gasteiger partial charge in [-0.2, -0.15) is 0 Å². The van der Waals surface area contributed by atoms with E-state index in [1.807, 2.05) is 40.1 Å². The van der Waals surface area contributed by atoms with E-state index in [0.29, 0.717) is 38.3 Å². The van der Waals surface area contributed by atoms with Gasteiger partial charge in [0.15, 0.2) is 0 Å². The van der Waals surface area contributed by atoms with Crippen LogP contribution in [0.3, 0.4) is 0 Å². The molecule has 2 aromatic carbocycles. The molecule has 6 heteroatoms. The lowest BCUT2D eigenvalue weighted by atomic mass is 10.1. The van der Waals surface area contributed by atoms with Crippen LogP contribution in [-0.2, 0) is 16.0 Å². The molecule has 0 unspecified atom stereocenters. The van der Waals surface area contributed by atoms with Gasteiger partial charge in [-0.25, -0.2) is 4.39 Å². The number of carbonyl (C=O) groups excluding carboxylic acids is 2. The van der Waals surface area contributed by atoms with Crippen LogP contribution in [0.2, 0.25) is 0 Å². The molecule has 2 aromatic rings. The molecule has 1 N–H and O–H groups in total. The topological polar surface area (TPSA) is 52.7 Å². The minimum atomic E-state index is -0.379. The molecule has 1 aliphatic heterocycles. The van der Waals surface area contributed by atoms with Gasteiger partial charge in [0.25, 0.3) is 0 Å². The third kappa shape index (κ3) is 5.89. The molecule has 0 spiro atoms. The Bertz CT molecular complexity index is 774. The fourth-order valence-corrected chi connectivity index (χ4v) is 3.18. The van der Waals surface area contributed by atoms with Gasteiger partial charge in [0.2, 0.25) is 11.8 Å². The highest BCUT2D eigenvalue weighted by Gasteiger charge is 2.22. The molecule has 0 radical (unpaired) electrons. The first-order chi connectivity index (χ1) is 13.1. The second-order valence-corrected chi connectivity index (χ2v) is 6.70. The van der Waals surface area contributed by atoms with Gasteiger partial charge in [0, 0.05) is 38.3 Å². The number of nitrogens with one attached hydrogen (secondary N) is 1. The lowest BCUT2D eigenvalue weighted by molar-refractivity contribution is -0.133. The van der Waals surface area contributed by atoms with Crippen LogP contribution in [0.4, 0.5) is 10.1 Å². The van der Waals surface area contributed by atoms with E-state index in [9.17, 15) is 14.0 Å². The van der Waals surface area contributed by atoms with Crippen molar-refractivity contribution in [3.8, 4) is 0 Å². The van der Waals surface area contributed by atoms with Crippen LogP contribution in [0.15, 0.2) is 54.6 Å². The van der Waals surface area contributed by atoms with E-state index >= 15 is 0 Å². The number of piperazine rings is 1. The number of benzene rings is 2. The van der Waals surface area contributed by atoms with Gasteiger partial charge in [-0.1, -0.05) is 36.4 Å². The molecule has 1 heterocycles. The number of anilines is 1. The molecule has 0 aromatic heterocycles. The van der Waals surface area contributed by atoms with Crippen LogP contribution >= 0.6 is 0 Å². The second-order valence-electron chi connectivity index (χ2n) is 6.70. The molecular formula is C21H24FN3O2. The van der Waals surface area contributed by atoms with Crippen molar-refractivity contribution in [2.24, 2.45) is 0 Å². The van der Waals surface area contributed by atoms with Gasteiger partial charge in [-0.05, 0) is 30.2 Å². The summed E-state index contributed by atoms with van der Waals surface area (Å²) in [5, 5.41) is 2.70. The Kier molecular flexibility index (Phi) is 6.54. The average molecular weight is 369 g/mol. The Morgan fingerprint density at radius 2 is 1.70 bits per heavy atom. The Hall–Kier alpha value is -2.73. The molecule has 3 rings (SSSR count). The maximum absolute atomic E-state index is 13.2. The molecule has 0 bridgehead atoms.